The van der Waals surface area contributed by atoms with Crippen molar-refractivity contribution in [3.8, 4) is 5.75 Å². The number of rotatable bonds is 2. The maximum atomic E-state index is 11.2. The Labute approximate surface area is 115 Å². The second kappa shape index (κ2) is 3.92. The van der Waals surface area contributed by atoms with Crippen molar-refractivity contribution in [1.82, 2.24) is 0 Å². The maximum Gasteiger partial charge on any atom is 0.296 e. The van der Waals surface area contributed by atoms with Crippen LogP contribution in [0.4, 0.5) is 11.4 Å². The van der Waals surface area contributed by atoms with Gasteiger partial charge in [-0.15, -0.1) is 0 Å². The highest BCUT2D eigenvalue weighted by molar-refractivity contribution is 5.91. The molecular formula is C13H14N2O5. The molecule has 2 heterocycles. The number of ether oxygens (including phenoxy) is 2. The first-order valence-electron chi connectivity index (χ1n) is 6.24. The summed E-state index contributed by atoms with van der Waals surface area (Å²) in [7, 11) is 0. The van der Waals surface area contributed by atoms with E-state index in [0.29, 0.717) is 5.75 Å². The minimum absolute atomic E-state index is 0.0540. The number of carbonyl (C=O) groups is 1. The number of anilines is 1. The van der Waals surface area contributed by atoms with Crippen molar-refractivity contribution in [2.24, 2.45) is 0 Å². The van der Waals surface area contributed by atoms with Crippen LogP contribution in [-0.4, -0.2) is 22.5 Å². The van der Waals surface area contributed by atoms with E-state index < -0.39 is 10.5 Å². The van der Waals surface area contributed by atoms with E-state index in [1.54, 1.807) is 6.07 Å². The van der Waals surface area contributed by atoms with Gasteiger partial charge >= 0.3 is 0 Å². The normalized spacial score (nSPS) is 24.9. The molecule has 0 aliphatic carbocycles. The van der Waals surface area contributed by atoms with Crippen LogP contribution < -0.4 is 10.1 Å². The van der Waals surface area contributed by atoms with E-state index in [2.05, 4.69) is 5.32 Å². The fourth-order valence-corrected chi connectivity index (χ4v) is 2.56. The van der Waals surface area contributed by atoms with E-state index in [4.69, 9.17) is 9.47 Å². The average molecular weight is 278 g/mol. The quantitative estimate of drug-likeness (QED) is 0.508. The van der Waals surface area contributed by atoms with Crippen LogP contribution >= 0.6 is 0 Å². The van der Waals surface area contributed by atoms with Gasteiger partial charge in [-0.1, -0.05) is 0 Å². The van der Waals surface area contributed by atoms with Gasteiger partial charge in [0.15, 0.2) is 0 Å². The van der Waals surface area contributed by atoms with E-state index in [-0.39, 0.29) is 29.5 Å². The lowest BCUT2D eigenvalue weighted by Crippen LogP contribution is -2.37. The van der Waals surface area contributed by atoms with Gasteiger partial charge in [0, 0.05) is 12.5 Å². The number of hydrogen-bond donors (Lipinski definition) is 1. The van der Waals surface area contributed by atoms with Gasteiger partial charge in [-0.2, -0.15) is 0 Å². The summed E-state index contributed by atoms with van der Waals surface area (Å²) in [6.45, 7) is 5.07. The Morgan fingerprint density at radius 3 is 2.75 bits per heavy atom. The standard InChI is InChI=1S/C13H14N2O5/c1-6(16)14-8-4-7-10(5-9(8)15(17)18)20-13(2,3)12-11(7)19-12/h4-5,11-12H,1-3H3,(H,14,16)/t11-,12-/m1/s1. The first-order valence-corrected chi connectivity index (χ1v) is 6.24. The summed E-state index contributed by atoms with van der Waals surface area (Å²) in [6.07, 6.45) is -0.177. The van der Waals surface area contributed by atoms with Gasteiger partial charge in [-0.3, -0.25) is 14.9 Å². The molecule has 0 saturated carbocycles. The molecule has 2 aliphatic heterocycles. The van der Waals surface area contributed by atoms with Gasteiger partial charge < -0.3 is 14.8 Å². The van der Waals surface area contributed by atoms with Gasteiger partial charge in [-0.25, -0.2) is 0 Å². The smallest absolute Gasteiger partial charge is 0.296 e. The van der Waals surface area contributed by atoms with Crippen molar-refractivity contribution >= 4 is 17.3 Å². The Balaban J connectivity index is 2.09. The zero-order valence-electron chi connectivity index (χ0n) is 11.3. The molecule has 1 amide bonds. The van der Waals surface area contributed by atoms with E-state index >= 15 is 0 Å². The van der Waals surface area contributed by atoms with Gasteiger partial charge in [0.05, 0.1) is 11.0 Å². The fraction of sp³-hybridized carbons (Fsp3) is 0.462. The molecule has 1 aromatic rings. The van der Waals surface area contributed by atoms with Crippen LogP contribution in [0.5, 0.6) is 5.75 Å². The molecule has 0 unspecified atom stereocenters. The molecule has 1 aromatic carbocycles. The molecule has 7 nitrogen and oxygen atoms in total. The number of nitrogens with zero attached hydrogens (tertiary/aromatic N) is 1. The number of carbonyl (C=O) groups excluding carboxylic acids is 1. The number of nitro benzene ring substituents is 1. The Morgan fingerprint density at radius 2 is 2.15 bits per heavy atom. The summed E-state index contributed by atoms with van der Waals surface area (Å²) in [6, 6.07) is 2.91. The van der Waals surface area contributed by atoms with Crippen LogP contribution in [0, 0.1) is 10.1 Å². The predicted octanol–water partition coefficient (Wildman–Crippen LogP) is 2.16. The molecule has 7 heteroatoms. The highest BCUT2D eigenvalue weighted by Crippen LogP contribution is 2.55. The molecule has 20 heavy (non-hydrogen) atoms. The summed E-state index contributed by atoms with van der Waals surface area (Å²) < 4.78 is 11.4. The number of fused-ring (bicyclic) bond motifs is 3. The van der Waals surface area contributed by atoms with Crippen LogP contribution in [-0.2, 0) is 9.53 Å². The first-order chi connectivity index (χ1) is 9.29. The van der Waals surface area contributed by atoms with E-state index in [1.165, 1.54) is 13.0 Å². The number of epoxide rings is 1. The molecule has 0 bridgehead atoms. The second-order valence-electron chi connectivity index (χ2n) is 5.53. The van der Waals surface area contributed by atoms with Gasteiger partial charge in [0.2, 0.25) is 5.91 Å². The Morgan fingerprint density at radius 1 is 1.45 bits per heavy atom. The van der Waals surface area contributed by atoms with E-state index in [1.807, 2.05) is 13.8 Å². The number of hydrogen-bond acceptors (Lipinski definition) is 5. The lowest BCUT2D eigenvalue weighted by Gasteiger charge is -2.29. The van der Waals surface area contributed by atoms with Gasteiger partial charge in [0.25, 0.3) is 5.69 Å². The number of nitro groups is 1. The van der Waals surface area contributed by atoms with Crippen LogP contribution in [0.25, 0.3) is 0 Å². The monoisotopic (exact) mass is 278 g/mol. The molecule has 1 saturated heterocycles. The zero-order valence-corrected chi connectivity index (χ0v) is 11.3. The van der Waals surface area contributed by atoms with Gasteiger partial charge in [-0.05, 0) is 19.9 Å². The number of benzene rings is 1. The van der Waals surface area contributed by atoms with Crippen LogP contribution in [0.2, 0.25) is 0 Å². The van der Waals surface area contributed by atoms with E-state index in [0.717, 1.165) is 5.56 Å². The summed E-state index contributed by atoms with van der Waals surface area (Å²) in [5.74, 6) is 0.0768. The highest BCUT2D eigenvalue weighted by Gasteiger charge is 2.57. The maximum absolute atomic E-state index is 11.2. The third-order valence-electron chi connectivity index (χ3n) is 3.49. The fourth-order valence-electron chi connectivity index (χ4n) is 2.56. The molecule has 0 spiro atoms. The molecule has 1 fully saturated rings. The van der Waals surface area contributed by atoms with Crippen molar-refractivity contribution < 1.29 is 19.2 Å². The molecule has 2 atom stereocenters. The van der Waals surface area contributed by atoms with Gasteiger partial charge in [0.1, 0.15) is 29.2 Å². The predicted molar refractivity (Wildman–Crippen MR) is 69.7 cm³/mol. The molecule has 1 N–H and O–H groups in total. The van der Waals surface area contributed by atoms with E-state index in [9.17, 15) is 14.9 Å². The average Bonchev–Trinajstić information content (AvgIpc) is 3.09. The van der Waals surface area contributed by atoms with Crippen molar-refractivity contribution in [3.63, 3.8) is 0 Å². The number of nitrogens with one attached hydrogen (secondary N) is 1. The Kier molecular flexibility index (Phi) is 2.52. The molecule has 0 radical (unpaired) electrons. The summed E-state index contributed by atoms with van der Waals surface area (Å²) >= 11 is 0. The van der Waals surface area contributed by atoms with Crippen LogP contribution in [0.3, 0.4) is 0 Å². The zero-order chi connectivity index (χ0) is 14.7. The largest absolute Gasteiger partial charge is 0.484 e. The van der Waals surface area contributed by atoms with Crippen molar-refractivity contribution in [3.05, 3.63) is 27.8 Å². The second-order valence-corrected chi connectivity index (χ2v) is 5.53. The van der Waals surface area contributed by atoms with Crippen LogP contribution in [0.15, 0.2) is 12.1 Å². The molecular weight excluding hydrogens is 264 g/mol. The van der Waals surface area contributed by atoms with Crippen molar-refractivity contribution in [1.29, 1.82) is 0 Å². The SMILES string of the molecule is CC(=O)Nc1cc2c(cc1[N+](=O)[O-])OC(C)(C)[C@@H]1O[C@H]21. The summed E-state index contributed by atoms with van der Waals surface area (Å²) in [5, 5.41) is 13.6. The van der Waals surface area contributed by atoms with Crippen LogP contribution in [0.1, 0.15) is 32.4 Å². The van der Waals surface area contributed by atoms with Crippen molar-refractivity contribution in [2.45, 2.75) is 38.6 Å². The Hall–Kier alpha value is -2.15. The molecule has 0 aromatic heterocycles. The lowest BCUT2D eigenvalue weighted by molar-refractivity contribution is -0.384. The minimum atomic E-state index is -0.540. The molecule has 3 rings (SSSR count). The summed E-state index contributed by atoms with van der Waals surface area (Å²) in [4.78, 5) is 21.7. The third-order valence-corrected chi connectivity index (χ3v) is 3.49. The highest BCUT2D eigenvalue weighted by atomic mass is 16.6. The summed E-state index contributed by atoms with van der Waals surface area (Å²) in [5.41, 5.74) is 0.206. The minimum Gasteiger partial charge on any atom is -0.484 e. The molecule has 2 aliphatic rings. The third kappa shape index (κ3) is 1.90. The first kappa shape index (κ1) is 12.9. The number of amides is 1. The topological polar surface area (TPSA) is 94.0 Å². The Bertz CT molecular complexity index is 625. The van der Waals surface area contributed by atoms with Crippen molar-refractivity contribution in [2.75, 3.05) is 5.32 Å². The molecule has 106 valence electrons. The lowest BCUT2D eigenvalue weighted by atomic mass is 9.93.